The molecular weight excluding hydrogens is 236 g/mol. The Hall–Kier alpha value is -1.73. The molecule has 0 amide bonds. The average molecular weight is 252 g/mol. The van der Waals surface area contributed by atoms with Gasteiger partial charge in [-0.05, 0) is 33.5 Å². The molecule has 0 bridgehead atoms. The minimum atomic E-state index is 0. The first kappa shape index (κ1) is 12.7. The van der Waals surface area contributed by atoms with Crippen LogP contribution in [-0.4, -0.2) is 0 Å². The van der Waals surface area contributed by atoms with Gasteiger partial charge in [-0.15, -0.1) is 6.58 Å². The van der Waals surface area contributed by atoms with Crippen LogP contribution in [0.1, 0.15) is 5.56 Å². The predicted octanol–water partition coefficient (Wildman–Crippen LogP) is 4.83. The van der Waals surface area contributed by atoms with Crippen LogP contribution in [0.4, 0.5) is 0 Å². The second kappa shape index (κ2) is 5.28. The van der Waals surface area contributed by atoms with Crippen molar-refractivity contribution in [3.63, 3.8) is 0 Å². The molecule has 0 saturated heterocycles. The highest BCUT2D eigenvalue weighted by molar-refractivity contribution is 7.59. The zero-order valence-corrected chi connectivity index (χ0v) is 11.2. The Balaban J connectivity index is 0.00000120. The van der Waals surface area contributed by atoms with Gasteiger partial charge in [0.1, 0.15) is 0 Å². The summed E-state index contributed by atoms with van der Waals surface area (Å²) in [5, 5.41) is 5.31. The van der Waals surface area contributed by atoms with Crippen molar-refractivity contribution in [2.24, 2.45) is 0 Å². The van der Waals surface area contributed by atoms with E-state index in [1.165, 1.54) is 27.1 Å². The third kappa shape index (κ3) is 2.02. The largest absolute Gasteiger partial charge is 0.197 e. The number of rotatable bonds is 2. The standard InChI is InChI=1S/C17H14.H2S/c1-2-6-13-8-5-10-17-15-9-4-3-7-14(15)11-12-16(13)17;/h2-5,7-12H,1,6H2;1H2. The fraction of sp³-hybridized carbons (Fsp3) is 0.0588. The fourth-order valence-electron chi connectivity index (χ4n) is 2.44. The molecule has 90 valence electrons. The summed E-state index contributed by atoms with van der Waals surface area (Å²) >= 11 is 0. The van der Waals surface area contributed by atoms with E-state index in [9.17, 15) is 0 Å². The predicted molar refractivity (Wildman–Crippen MR) is 85.7 cm³/mol. The Labute approximate surface area is 114 Å². The minimum absolute atomic E-state index is 0. The lowest BCUT2D eigenvalue weighted by Gasteiger charge is -2.07. The molecular formula is C17H16S. The van der Waals surface area contributed by atoms with E-state index in [1.807, 2.05) is 6.08 Å². The quantitative estimate of drug-likeness (QED) is 0.452. The van der Waals surface area contributed by atoms with Crippen LogP contribution in [0.3, 0.4) is 0 Å². The van der Waals surface area contributed by atoms with Crippen LogP contribution in [0.15, 0.2) is 67.3 Å². The molecule has 0 aliphatic carbocycles. The van der Waals surface area contributed by atoms with Crippen molar-refractivity contribution >= 4 is 35.0 Å². The fourth-order valence-corrected chi connectivity index (χ4v) is 2.44. The minimum Gasteiger partial charge on any atom is -0.197 e. The van der Waals surface area contributed by atoms with Gasteiger partial charge in [-0.3, -0.25) is 0 Å². The third-order valence-electron chi connectivity index (χ3n) is 3.24. The lowest BCUT2D eigenvalue weighted by atomic mass is 9.97. The smallest absolute Gasteiger partial charge is 0.00940 e. The second-order valence-corrected chi connectivity index (χ2v) is 4.29. The van der Waals surface area contributed by atoms with Crippen molar-refractivity contribution in [3.8, 4) is 0 Å². The maximum Gasteiger partial charge on any atom is -0.00940 e. The van der Waals surface area contributed by atoms with Crippen molar-refractivity contribution in [2.45, 2.75) is 6.42 Å². The zero-order valence-electron chi connectivity index (χ0n) is 10.2. The van der Waals surface area contributed by atoms with Crippen molar-refractivity contribution in [2.75, 3.05) is 0 Å². The van der Waals surface area contributed by atoms with Gasteiger partial charge >= 0.3 is 0 Å². The highest BCUT2D eigenvalue weighted by Crippen LogP contribution is 2.27. The summed E-state index contributed by atoms with van der Waals surface area (Å²) in [6.07, 6.45) is 2.89. The van der Waals surface area contributed by atoms with Gasteiger partial charge in [-0.25, -0.2) is 0 Å². The topological polar surface area (TPSA) is 0 Å². The van der Waals surface area contributed by atoms with Crippen molar-refractivity contribution < 1.29 is 0 Å². The monoisotopic (exact) mass is 252 g/mol. The van der Waals surface area contributed by atoms with E-state index in [0.717, 1.165) is 6.42 Å². The third-order valence-corrected chi connectivity index (χ3v) is 3.24. The Bertz CT molecular complexity index is 698. The highest BCUT2D eigenvalue weighted by Gasteiger charge is 2.02. The Morgan fingerprint density at radius 3 is 2.39 bits per heavy atom. The molecule has 0 N–H and O–H groups in total. The maximum absolute atomic E-state index is 3.83. The molecule has 0 aromatic heterocycles. The lowest BCUT2D eigenvalue weighted by Crippen LogP contribution is -1.85. The number of hydrogen-bond acceptors (Lipinski definition) is 0. The van der Waals surface area contributed by atoms with E-state index < -0.39 is 0 Å². The number of hydrogen-bond donors (Lipinski definition) is 0. The van der Waals surface area contributed by atoms with E-state index >= 15 is 0 Å². The summed E-state index contributed by atoms with van der Waals surface area (Å²) in [6.45, 7) is 3.83. The van der Waals surface area contributed by atoms with Gasteiger partial charge in [0, 0.05) is 0 Å². The maximum atomic E-state index is 3.83. The number of benzene rings is 3. The van der Waals surface area contributed by atoms with E-state index in [0.29, 0.717) is 0 Å². The van der Waals surface area contributed by atoms with E-state index in [2.05, 4.69) is 61.2 Å². The molecule has 3 aromatic rings. The van der Waals surface area contributed by atoms with Crippen LogP contribution < -0.4 is 0 Å². The van der Waals surface area contributed by atoms with Crippen LogP contribution in [0, 0.1) is 0 Å². The van der Waals surface area contributed by atoms with Gasteiger partial charge in [-0.2, -0.15) is 13.5 Å². The van der Waals surface area contributed by atoms with Gasteiger partial charge < -0.3 is 0 Å². The molecule has 0 aliphatic heterocycles. The molecule has 0 nitrogen and oxygen atoms in total. The molecule has 0 heterocycles. The van der Waals surface area contributed by atoms with E-state index in [4.69, 9.17) is 0 Å². The Morgan fingerprint density at radius 2 is 1.56 bits per heavy atom. The van der Waals surface area contributed by atoms with Crippen molar-refractivity contribution in [1.29, 1.82) is 0 Å². The molecule has 0 saturated carbocycles. The van der Waals surface area contributed by atoms with Gasteiger partial charge in [0.05, 0.1) is 0 Å². The SMILES string of the molecule is C=CCc1cccc2c1ccc1ccccc12.S. The van der Waals surface area contributed by atoms with Crippen LogP contribution in [0.5, 0.6) is 0 Å². The molecule has 0 fully saturated rings. The van der Waals surface area contributed by atoms with Crippen LogP contribution in [0.25, 0.3) is 21.5 Å². The van der Waals surface area contributed by atoms with Crippen LogP contribution >= 0.6 is 13.5 Å². The number of allylic oxidation sites excluding steroid dienone is 1. The summed E-state index contributed by atoms with van der Waals surface area (Å²) in [5.41, 5.74) is 1.35. The second-order valence-electron chi connectivity index (χ2n) is 4.29. The van der Waals surface area contributed by atoms with Crippen molar-refractivity contribution in [3.05, 3.63) is 72.8 Å². The highest BCUT2D eigenvalue weighted by atomic mass is 32.1. The summed E-state index contributed by atoms with van der Waals surface area (Å²) in [7, 11) is 0. The van der Waals surface area contributed by atoms with Gasteiger partial charge in [0.15, 0.2) is 0 Å². The molecule has 0 spiro atoms. The molecule has 0 radical (unpaired) electrons. The summed E-state index contributed by atoms with van der Waals surface area (Å²) in [6, 6.07) is 19.5. The average Bonchev–Trinajstić information content (AvgIpc) is 2.39. The molecule has 1 heteroatoms. The molecule has 3 aromatic carbocycles. The van der Waals surface area contributed by atoms with Gasteiger partial charge in [-0.1, -0.05) is 60.7 Å². The lowest BCUT2D eigenvalue weighted by molar-refractivity contribution is 1.31. The van der Waals surface area contributed by atoms with Gasteiger partial charge in [0.2, 0.25) is 0 Å². The first-order chi connectivity index (χ1) is 8.40. The molecule has 18 heavy (non-hydrogen) atoms. The zero-order chi connectivity index (χ0) is 11.7. The summed E-state index contributed by atoms with van der Waals surface area (Å²) < 4.78 is 0. The number of fused-ring (bicyclic) bond motifs is 3. The van der Waals surface area contributed by atoms with Crippen molar-refractivity contribution in [1.82, 2.24) is 0 Å². The Morgan fingerprint density at radius 1 is 0.778 bits per heavy atom. The normalized spacial score (nSPS) is 10.2. The van der Waals surface area contributed by atoms with Gasteiger partial charge in [0.25, 0.3) is 0 Å². The molecule has 0 unspecified atom stereocenters. The van der Waals surface area contributed by atoms with Crippen LogP contribution in [0.2, 0.25) is 0 Å². The molecule has 3 rings (SSSR count). The van der Waals surface area contributed by atoms with Crippen LogP contribution in [-0.2, 0) is 6.42 Å². The summed E-state index contributed by atoms with van der Waals surface area (Å²) in [5.74, 6) is 0. The first-order valence-electron chi connectivity index (χ1n) is 5.90. The summed E-state index contributed by atoms with van der Waals surface area (Å²) in [4.78, 5) is 0. The first-order valence-corrected chi connectivity index (χ1v) is 5.90. The molecule has 0 atom stereocenters. The molecule has 0 aliphatic rings. The Kier molecular flexibility index (Phi) is 3.73. The van der Waals surface area contributed by atoms with E-state index in [-0.39, 0.29) is 13.5 Å². The van der Waals surface area contributed by atoms with E-state index in [1.54, 1.807) is 0 Å².